The van der Waals surface area contributed by atoms with E-state index in [1.54, 1.807) is 48.3 Å². The van der Waals surface area contributed by atoms with E-state index in [1.165, 1.54) is 65.9 Å². The smallest absolute Gasteiger partial charge is 0.416 e. The third kappa shape index (κ3) is 9.51. The van der Waals surface area contributed by atoms with Crippen molar-refractivity contribution in [3.05, 3.63) is 124 Å². The zero-order valence-electron chi connectivity index (χ0n) is 31.8. The predicted molar refractivity (Wildman–Crippen MR) is 204 cm³/mol. The number of carbonyl (C=O) groups excluding carboxylic acids is 2. The van der Waals surface area contributed by atoms with Gasteiger partial charge in [0.25, 0.3) is 11.5 Å². The summed E-state index contributed by atoms with van der Waals surface area (Å²) >= 11 is 0. The van der Waals surface area contributed by atoms with Crippen LogP contribution < -0.4 is 10.9 Å². The van der Waals surface area contributed by atoms with E-state index in [4.69, 9.17) is 6.57 Å². The lowest BCUT2D eigenvalue weighted by molar-refractivity contribution is -0.895. The van der Waals surface area contributed by atoms with E-state index in [0.717, 1.165) is 47.2 Å². The number of likely N-dealkylation sites (tertiary alicyclic amines) is 1. The molecule has 0 spiro atoms. The molecule has 0 saturated carbocycles. The molecular weight excluding hydrogens is 766 g/mol. The average Bonchev–Trinajstić information content (AvgIpc) is 3.75. The number of halogens is 3. The first-order valence-electron chi connectivity index (χ1n) is 17.7. The molecule has 2 amide bonds. The van der Waals surface area contributed by atoms with Crippen LogP contribution in [0, 0.1) is 6.57 Å². The summed E-state index contributed by atoms with van der Waals surface area (Å²) in [5.41, 5.74) is -1.06. The molecule has 1 aliphatic rings. The number of alkyl halides is 3. The molecule has 0 unspecified atom stereocenters. The van der Waals surface area contributed by atoms with Crippen molar-refractivity contribution < 1.29 is 40.2 Å². The summed E-state index contributed by atoms with van der Waals surface area (Å²) in [7, 11) is 3.18. The third-order valence-electron chi connectivity index (χ3n) is 9.80. The van der Waals surface area contributed by atoms with Crippen LogP contribution in [-0.4, -0.2) is 99.6 Å². The number of nitrogens with one attached hydrogen (secondary N) is 1. The zero-order valence-corrected chi connectivity index (χ0v) is 32.6. The molecule has 1 saturated heterocycles. The van der Waals surface area contributed by atoms with Gasteiger partial charge < -0.3 is 19.3 Å². The Balaban J connectivity index is 0.000000540. The molecule has 0 aliphatic carbocycles. The molecule has 0 radical (unpaired) electrons. The van der Waals surface area contributed by atoms with E-state index in [9.17, 15) is 40.5 Å². The van der Waals surface area contributed by atoms with Gasteiger partial charge in [-0.05, 0) is 55.5 Å². The predicted octanol–water partition coefficient (Wildman–Crippen LogP) is 5.00. The Hall–Kier alpha value is -6.03. The average molecular weight is 807 g/mol. The zero-order chi connectivity index (χ0) is 41.9. The summed E-state index contributed by atoms with van der Waals surface area (Å²) in [6.45, 7) is 10.6. The molecule has 3 aromatic carbocycles. The maximum atomic E-state index is 14.1. The Labute approximate surface area is 327 Å². The highest BCUT2D eigenvalue weighted by molar-refractivity contribution is 7.85. The van der Waals surface area contributed by atoms with Crippen molar-refractivity contribution >= 4 is 27.6 Å². The van der Waals surface area contributed by atoms with Crippen molar-refractivity contribution in [2.75, 3.05) is 34.2 Å². The standard InChI is InChI=1S/C33H35F3N8O3.C6H6O3S/c1-21(31(46)40(3)24-15-18-44(5,6)19-16-24)39-30(45)28-29(27-14-17-38-42(27)25-12-10-23(37-2)11-13-25)41(4)43(32(28)47)26-9-7-8-22(20-26)33(34,35)36;7-10(8,9)6-4-2-1-3-5-6/h7-14,17,20-21,24H,15-16,18-19H2,1,3-6H3;1-5H,(H,7,8,9)/t21-;/m0./s1. The van der Waals surface area contributed by atoms with Crippen molar-refractivity contribution in [2.24, 2.45) is 7.05 Å². The van der Waals surface area contributed by atoms with Crippen LogP contribution in [0.5, 0.6) is 0 Å². The lowest BCUT2D eigenvalue weighted by atomic mass is 10.0. The van der Waals surface area contributed by atoms with Gasteiger partial charge >= 0.3 is 6.18 Å². The van der Waals surface area contributed by atoms with Crippen LogP contribution in [-0.2, 0) is 28.1 Å². The van der Waals surface area contributed by atoms with Crippen molar-refractivity contribution in [1.82, 2.24) is 29.4 Å². The van der Waals surface area contributed by atoms with Gasteiger partial charge in [-0.25, -0.2) is 22.6 Å². The number of rotatable bonds is 8. The normalized spacial score (nSPS) is 14.8. The van der Waals surface area contributed by atoms with Crippen molar-refractivity contribution in [3.8, 4) is 22.8 Å². The van der Waals surface area contributed by atoms with E-state index in [0.29, 0.717) is 11.4 Å². The van der Waals surface area contributed by atoms with Gasteiger partial charge in [-0.15, -0.1) is 0 Å². The second kappa shape index (κ2) is 16.6. The molecule has 1 fully saturated rings. The maximum Gasteiger partial charge on any atom is 0.416 e. The van der Waals surface area contributed by atoms with E-state index in [1.807, 2.05) is 0 Å². The number of carbonyl (C=O) groups is 2. The largest absolute Gasteiger partial charge is 0.744 e. The number of benzene rings is 3. The molecule has 1 aliphatic heterocycles. The topological polar surface area (TPSA) is 156 Å². The van der Waals surface area contributed by atoms with Gasteiger partial charge in [-0.2, -0.15) is 18.3 Å². The van der Waals surface area contributed by atoms with Crippen molar-refractivity contribution in [3.63, 3.8) is 0 Å². The van der Waals surface area contributed by atoms with Gasteiger partial charge in [0, 0.05) is 33.0 Å². The van der Waals surface area contributed by atoms with Crippen LogP contribution >= 0.6 is 0 Å². The van der Waals surface area contributed by atoms with Gasteiger partial charge in [0.2, 0.25) is 5.91 Å². The van der Waals surface area contributed by atoms with Crippen molar-refractivity contribution in [2.45, 2.75) is 42.9 Å². The number of quaternary nitrogens is 1. The highest BCUT2D eigenvalue weighted by Gasteiger charge is 2.35. The number of likely N-dealkylation sites (N-methyl/N-ethyl adjacent to an activating group) is 1. The van der Waals surface area contributed by atoms with Crippen LogP contribution in [0.1, 0.15) is 35.7 Å². The number of piperidine rings is 1. The molecule has 57 heavy (non-hydrogen) atoms. The van der Waals surface area contributed by atoms with Crippen LogP contribution in [0.2, 0.25) is 0 Å². The summed E-state index contributed by atoms with van der Waals surface area (Å²) in [5.74, 6) is -1.19. The van der Waals surface area contributed by atoms with E-state index < -0.39 is 39.4 Å². The lowest BCUT2D eigenvalue weighted by Gasteiger charge is -2.40. The Morgan fingerprint density at radius 3 is 2.19 bits per heavy atom. The third-order valence-corrected chi connectivity index (χ3v) is 10.7. The molecule has 5 aromatic rings. The Morgan fingerprint density at radius 2 is 1.63 bits per heavy atom. The summed E-state index contributed by atoms with van der Waals surface area (Å²) in [5, 5.41) is 7.04. The number of hydrogen-bond donors (Lipinski definition) is 1. The number of amides is 2. The minimum Gasteiger partial charge on any atom is -0.744 e. The molecule has 2 aromatic heterocycles. The molecule has 300 valence electrons. The summed E-state index contributed by atoms with van der Waals surface area (Å²) < 4.78 is 76.4. The molecule has 1 atom stereocenters. The quantitative estimate of drug-likeness (QED) is 0.131. The SMILES string of the molecule is O=S(=O)([O-])c1ccccc1.[C-]#[N+]c1ccc(-n2nccc2-c2c(C(=O)N[C@@H](C)C(=O)N(C)C3CC[N+](C)(C)CC3)c(=O)n(-c3cccc(C(F)(F)F)c3)n2C)cc1. The van der Waals surface area contributed by atoms with Gasteiger partial charge in [-0.1, -0.05) is 36.4 Å². The summed E-state index contributed by atoms with van der Waals surface area (Å²) in [6.07, 6.45) is -1.60. The first kappa shape index (κ1) is 42.1. The first-order chi connectivity index (χ1) is 26.7. The highest BCUT2D eigenvalue weighted by atomic mass is 32.2. The van der Waals surface area contributed by atoms with Crippen LogP contribution in [0.3, 0.4) is 0 Å². The number of hydrogen-bond acceptors (Lipinski definition) is 7. The minimum absolute atomic E-state index is 0.00187. The molecule has 18 heteroatoms. The summed E-state index contributed by atoms with van der Waals surface area (Å²) in [6, 6.07) is 18.5. The van der Waals surface area contributed by atoms with E-state index in [-0.39, 0.29) is 39.5 Å². The van der Waals surface area contributed by atoms with Crippen molar-refractivity contribution in [1.29, 1.82) is 0 Å². The second-order valence-corrected chi connectivity index (χ2v) is 15.6. The number of aromatic nitrogens is 4. The second-order valence-electron chi connectivity index (χ2n) is 14.2. The molecule has 6 rings (SSSR count). The fraction of sp³-hybridized carbons (Fsp3) is 0.308. The Bertz CT molecular complexity index is 2460. The van der Waals surface area contributed by atoms with E-state index in [2.05, 4.69) is 29.4 Å². The van der Waals surface area contributed by atoms with Crippen LogP contribution in [0.25, 0.3) is 27.6 Å². The lowest BCUT2D eigenvalue weighted by Crippen LogP contribution is -2.55. The van der Waals surface area contributed by atoms with Gasteiger partial charge in [0.15, 0.2) is 5.69 Å². The van der Waals surface area contributed by atoms with Crippen LogP contribution in [0.4, 0.5) is 18.9 Å². The van der Waals surface area contributed by atoms with Gasteiger partial charge in [0.1, 0.15) is 27.4 Å². The Kier molecular flexibility index (Phi) is 12.3. The fourth-order valence-corrected chi connectivity index (χ4v) is 7.10. The highest BCUT2D eigenvalue weighted by Crippen LogP contribution is 2.32. The minimum atomic E-state index is -4.67. The summed E-state index contributed by atoms with van der Waals surface area (Å²) in [4.78, 5) is 46.4. The molecule has 14 nitrogen and oxygen atoms in total. The maximum absolute atomic E-state index is 14.1. The number of nitrogens with zero attached hydrogens (tertiary/aromatic N) is 7. The fourth-order valence-electron chi connectivity index (χ4n) is 6.61. The van der Waals surface area contributed by atoms with E-state index >= 15 is 0 Å². The van der Waals surface area contributed by atoms with Gasteiger partial charge in [0.05, 0.1) is 67.5 Å². The molecule has 3 heterocycles. The monoisotopic (exact) mass is 806 g/mol. The Morgan fingerprint density at radius 1 is 1.00 bits per heavy atom. The molecule has 0 bridgehead atoms. The molecule has 1 N–H and O–H groups in total. The first-order valence-corrected chi connectivity index (χ1v) is 19.1. The van der Waals surface area contributed by atoms with Crippen LogP contribution in [0.15, 0.2) is 101 Å². The molecular formula is C39H41F3N8O6S. The van der Waals surface area contributed by atoms with Gasteiger partial charge in [-0.3, -0.25) is 19.1 Å².